The Kier molecular flexibility index (Phi) is 4.20. The van der Waals surface area contributed by atoms with E-state index in [1.807, 2.05) is 0 Å². The summed E-state index contributed by atoms with van der Waals surface area (Å²) in [6.45, 7) is 1.77. The summed E-state index contributed by atoms with van der Waals surface area (Å²) in [5.41, 5.74) is 6.53. The zero-order valence-corrected chi connectivity index (χ0v) is 11.2. The Hall–Kier alpha value is -2.14. The third-order valence-electron chi connectivity index (χ3n) is 2.77. The van der Waals surface area contributed by atoms with Gasteiger partial charge in [-0.05, 0) is 19.1 Å². The molecule has 0 unspecified atom stereocenters. The zero-order valence-electron chi connectivity index (χ0n) is 11.2. The van der Waals surface area contributed by atoms with Crippen LogP contribution in [0.3, 0.4) is 0 Å². The van der Waals surface area contributed by atoms with Crippen LogP contribution >= 0.6 is 0 Å². The van der Waals surface area contributed by atoms with Crippen molar-refractivity contribution in [3.8, 4) is 17.2 Å². The molecule has 0 amide bonds. The Balaban J connectivity index is 2.42. The molecule has 1 atom stereocenters. The van der Waals surface area contributed by atoms with Gasteiger partial charge in [-0.1, -0.05) is 6.07 Å². The van der Waals surface area contributed by atoms with E-state index in [9.17, 15) is 8.78 Å². The van der Waals surface area contributed by atoms with Crippen LogP contribution in [0.2, 0.25) is 0 Å². The van der Waals surface area contributed by atoms with Crippen LogP contribution in [0.1, 0.15) is 18.5 Å². The predicted octanol–water partition coefficient (Wildman–Crippen LogP) is 3.79. The molecule has 0 aliphatic carbocycles. The molecular weight excluding hydrogens is 264 g/mol. The maximum atomic E-state index is 13.2. The van der Waals surface area contributed by atoms with Crippen molar-refractivity contribution >= 4 is 0 Å². The molecule has 0 heterocycles. The van der Waals surface area contributed by atoms with E-state index in [2.05, 4.69) is 0 Å². The van der Waals surface area contributed by atoms with Crippen LogP contribution in [0.25, 0.3) is 0 Å². The van der Waals surface area contributed by atoms with Crippen LogP contribution in [0.5, 0.6) is 17.2 Å². The van der Waals surface area contributed by atoms with E-state index in [0.717, 1.165) is 18.2 Å². The van der Waals surface area contributed by atoms with E-state index in [4.69, 9.17) is 15.2 Å². The average molecular weight is 279 g/mol. The molecule has 2 N–H and O–H groups in total. The number of methoxy groups -OCH3 is 1. The lowest BCUT2D eigenvalue weighted by molar-refractivity contribution is 0.396. The maximum Gasteiger partial charge on any atom is 0.135 e. The fourth-order valence-corrected chi connectivity index (χ4v) is 1.95. The molecule has 0 aliphatic heterocycles. The molecule has 0 spiro atoms. The summed E-state index contributed by atoms with van der Waals surface area (Å²) in [6, 6.07) is 7.78. The summed E-state index contributed by atoms with van der Waals surface area (Å²) in [6.07, 6.45) is 0. The molecule has 2 aromatic carbocycles. The smallest absolute Gasteiger partial charge is 0.135 e. The molecule has 0 radical (unpaired) electrons. The lowest BCUT2D eigenvalue weighted by atomic mass is 10.1. The van der Waals surface area contributed by atoms with Crippen LogP contribution in [0.4, 0.5) is 8.78 Å². The van der Waals surface area contributed by atoms with Crippen molar-refractivity contribution < 1.29 is 18.3 Å². The van der Waals surface area contributed by atoms with Crippen LogP contribution in [0.15, 0.2) is 36.4 Å². The Labute approximate surface area is 115 Å². The molecule has 2 aromatic rings. The largest absolute Gasteiger partial charge is 0.496 e. The zero-order chi connectivity index (χ0) is 14.7. The summed E-state index contributed by atoms with van der Waals surface area (Å²) >= 11 is 0. The molecule has 20 heavy (non-hydrogen) atoms. The first kappa shape index (κ1) is 14.3. The van der Waals surface area contributed by atoms with Gasteiger partial charge in [-0.2, -0.15) is 0 Å². The van der Waals surface area contributed by atoms with Crippen molar-refractivity contribution in [2.45, 2.75) is 13.0 Å². The summed E-state index contributed by atoms with van der Waals surface area (Å²) in [7, 11) is 1.52. The second-order valence-electron chi connectivity index (χ2n) is 4.37. The monoisotopic (exact) mass is 279 g/mol. The average Bonchev–Trinajstić information content (AvgIpc) is 2.36. The highest BCUT2D eigenvalue weighted by Gasteiger charge is 2.15. The molecule has 0 saturated carbocycles. The highest BCUT2D eigenvalue weighted by atomic mass is 19.1. The normalized spacial score (nSPS) is 12.1. The van der Waals surface area contributed by atoms with Gasteiger partial charge in [0, 0.05) is 24.2 Å². The first-order valence-corrected chi connectivity index (χ1v) is 6.07. The molecule has 0 saturated heterocycles. The number of ether oxygens (including phenoxy) is 2. The minimum Gasteiger partial charge on any atom is -0.496 e. The van der Waals surface area contributed by atoms with Crippen molar-refractivity contribution in [1.29, 1.82) is 0 Å². The van der Waals surface area contributed by atoms with Gasteiger partial charge in [-0.25, -0.2) is 8.78 Å². The van der Waals surface area contributed by atoms with Gasteiger partial charge in [0.25, 0.3) is 0 Å². The van der Waals surface area contributed by atoms with Crippen LogP contribution in [0, 0.1) is 11.6 Å². The van der Waals surface area contributed by atoms with Crippen molar-refractivity contribution in [3.63, 3.8) is 0 Å². The lowest BCUT2D eigenvalue weighted by Crippen LogP contribution is -2.08. The molecule has 5 heteroatoms. The number of halogens is 2. The van der Waals surface area contributed by atoms with Gasteiger partial charge in [0.1, 0.15) is 28.9 Å². The summed E-state index contributed by atoms with van der Waals surface area (Å²) in [5.74, 6) is -0.369. The van der Waals surface area contributed by atoms with E-state index in [1.165, 1.54) is 7.11 Å². The van der Waals surface area contributed by atoms with E-state index < -0.39 is 11.6 Å². The molecular formula is C15H15F2NO2. The Bertz CT molecular complexity index is 595. The topological polar surface area (TPSA) is 44.5 Å². The summed E-state index contributed by atoms with van der Waals surface area (Å²) in [5, 5.41) is 0. The van der Waals surface area contributed by atoms with Crippen LogP contribution in [-0.2, 0) is 0 Å². The van der Waals surface area contributed by atoms with E-state index in [-0.39, 0.29) is 11.8 Å². The standard InChI is InChI=1S/C15H15F2NO2/c1-9(18)15-13(19-2)4-3-5-14(15)20-12-7-10(16)6-11(17)8-12/h3-9H,18H2,1-2H3/t9-/m0/s1. The molecule has 0 aliphatic rings. The van der Waals surface area contributed by atoms with Crippen LogP contribution in [-0.4, -0.2) is 7.11 Å². The summed E-state index contributed by atoms with van der Waals surface area (Å²) < 4.78 is 37.1. The molecule has 0 fully saturated rings. The van der Waals surface area contributed by atoms with E-state index >= 15 is 0 Å². The first-order valence-electron chi connectivity index (χ1n) is 6.07. The highest BCUT2D eigenvalue weighted by molar-refractivity contribution is 5.48. The van der Waals surface area contributed by atoms with Crippen molar-refractivity contribution in [1.82, 2.24) is 0 Å². The first-order chi connectivity index (χ1) is 9.51. The highest BCUT2D eigenvalue weighted by Crippen LogP contribution is 2.35. The van der Waals surface area contributed by atoms with Gasteiger partial charge >= 0.3 is 0 Å². The van der Waals surface area contributed by atoms with Gasteiger partial charge in [0.15, 0.2) is 0 Å². The SMILES string of the molecule is COc1cccc(Oc2cc(F)cc(F)c2)c1[C@H](C)N. The molecule has 3 nitrogen and oxygen atoms in total. The summed E-state index contributed by atoms with van der Waals surface area (Å²) in [4.78, 5) is 0. The quantitative estimate of drug-likeness (QED) is 0.926. The van der Waals surface area contributed by atoms with Gasteiger partial charge in [0.05, 0.1) is 12.7 Å². The minimum absolute atomic E-state index is 0.0673. The number of benzene rings is 2. The van der Waals surface area contributed by atoms with Crippen LogP contribution < -0.4 is 15.2 Å². The van der Waals surface area contributed by atoms with Gasteiger partial charge in [0.2, 0.25) is 0 Å². The lowest BCUT2D eigenvalue weighted by Gasteiger charge is -2.17. The van der Waals surface area contributed by atoms with Crippen molar-refractivity contribution in [3.05, 3.63) is 53.6 Å². The number of rotatable bonds is 4. The molecule has 2 rings (SSSR count). The van der Waals surface area contributed by atoms with E-state index in [1.54, 1.807) is 25.1 Å². The number of hydrogen-bond acceptors (Lipinski definition) is 3. The minimum atomic E-state index is -0.703. The van der Waals surface area contributed by atoms with Gasteiger partial charge in [-0.15, -0.1) is 0 Å². The Morgan fingerprint density at radius 3 is 2.20 bits per heavy atom. The molecule has 0 aromatic heterocycles. The maximum absolute atomic E-state index is 13.2. The van der Waals surface area contributed by atoms with Gasteiger partial charge < -0.3 is 15.2 Å². The van der Waals surface area contributed by atoms with Gasteiger partial charge in [-0.3, -0.25) is 0 Å². The third kappa shape index (κ3) is 3.05. The fraction of sp³-hybridized carbons (Fsp3) is 0.200. The Morgan fingerprint density at radius 2 is 1.65 bits per heavy atom. The number of hydrogen-bond donors (Lipinski definition) is 1. The third-order valence-corrected chi connectivity index (χ3v) is 2.77. The predicted molar refractivity (Wildman–Crippen MR) is 72.0 cm³/mol. The second-order valence-corrected chi connectivity index (χ2v) is 4.37. The van der Waals surface area contributed by atoms with E-state index in [0.29, 0.717) is 17.1 Å². The molecule has 0 bridgehead atoms. The Morgan fingerprint density at radius 1 is 1.05 bits per heavy atom. The fourth-order valence-electron chi connectivity index (χ4n) is 1.95. The second kappa shape index (κ2) is 5.88. The number of nitrogens with two attached hydrogens (primary N) is 1. The van der Waals surface area contributed by atoms with Crippen molar-refractivity contribution in [2.24, 2.45) is 5.73 Å². The molecule has 106 valence electrons. The van der Waals surface area contributed by atoms with Crippen molar-refractivity contribution in [2.75, 3.05) is 7.11 Å².